The van der Waals surface area contributed by atoms with Gasteiger partial charge in [0.15, 0.2) is 0 Å². The number of halogens is 1. The monoisotopic (exact) mass is 403 g/mol. The third kappa shape index (κ3) is 4.14. The zero-order valence-corrected chi connectivity index (χ0v) is 17.2. The second kappa shape index (κ2) is 8.22. The first kappa shape index (κ1) is 20.2. The van der Waals surface area contributed by atoms with Crippen LogP contribution in [-0.2, 0) is 6.42 Å². The van der Waals surface area contributed by atoms with Crippen LogP contribution in [0.15, 0.2) is 12.1 Å². The number of primary amides is 1. The third-order valence-corrected chi connectivity index (χ3v) is 5.62. The molecule has 1 aliphatic heterocycles. The summed E-state index contributed by atoms with van der Waals surface area (Å²) in [5.41, 5.74) is 9.63. The first-order valence-electron chi connectivity index (χ1n) is 9.51. The summed E-state index contributed by atoms with van der Waals surface area (Å²) in [6, 6.07) is 3.21. The van der Waals surface area contributed by atoms with Crippen LogP contribution in [0.5, 0.6) is 0 Å². The van der Waals surface area contributed by atoms with Gasteiger partial charge in [0.1, 0.15) is 16.7 Å². The van der Waals surface area contributed by atoms with Crippen molar-refractivity contribution in [3.8, 4) is 0 Å². The number of rotatable bonds is 5. The molecule has 2 amide bonds. The Morgan fingerprint density at radius 2 is 2.00 bits per heavy atom. The van der Waals surface area contributed by atoms with Crippen molar-refractivity contribution in [1.82, 2.24) is 15.3 Å². The second-order valence-corrected chi connectivity index (χ2v) is 7.61. The number of carbonyl (C=O) groups is 2. The van der Waals surface area contributed by atoms with Crippen LogP contribution in [0.3, 0.4) is 0 Å². The second-order valence-electron chi connectivity index (χ2n) is 7.22. The molecule has 1 aliphatic rings. The van der Waals surface area contributed by atoms with Gasteiger partial charge < -0.3 is 20.9 Å². The molecule has 2 aromatic heterocycles. The van der Waals surface area contributed by atoms with Gasteiger partial charge in [0.2, 0.25) is 5.91 Å². The number of nitrogens with one attached hydrogen (secondary N) is 2. The number of piperidine rings is 1. The number of aromatic nitrogens is 2. The van der Waals surface area contributed by atoms with Gasteiger partial charge in [-0.2, -0.15) is 0 Å². The molecule has 8 heteroatoms. The Morgan fingerprint density at radius 3 is 2.61 bits per heavy atom. The molecule has 7 nitrogen and oxygen atoms in total. The van der Waals surface area contributed by atoms with E-state index in [0.717, 1.165) is 36.1 Å². The summed E-state index contributed by atoms with van der Waals surface area (Å²) in [7, 11) is 0. The normalized spacial score (nSPS) is 14.9. The fourth-order valence-corrected chi connectivity index (χ4v) is 3.91. The van der Waals surface area contributed by atoms with Crippen molar-refractivity contribution in [2.45, 2.75) is 46.1 Å². The van der Waals surface area contributed by atoms with E-state index in [1.807, 2.05) is 13.8 Å². The fraction of sp³-hybridized carbons (Fsp3) is 0.450. The van der Waals surface area contributed by atoms with Crippen LogP contribution in [-0.4, -0.2) is 40.9 Å². The molecule has 0 aliphatic carbocycles. The first-order chi connectivity index (χ1) is 13.3. The van der Waals surface area contributed by atoms with Gasteiger partial charge in [0.25, 0.3) is 5.91 Å². The molecule has 0 saturated carbocycles. The first-order valence-corrected chi connectivity index (χ1v) is 9.89. The number of carbonyl (C=O) groups excluding carboxylic acids is 2. The van der Waals surface area contributed by atoms with E-state index < -0.39 is 5.91 Å². The minimum atomic E-state index is -0.532. The molecule has 3 heterocycles. The predicted molar refractivity (Wildman–Crippen MR) is 110 cm³/mol. The summed E-state index contributed by atoms with van der Waals surface area (Å²) in [4.78, 5) is 33.8. The molecule has 0 radical (unpaired) electrons. The summed E-state index contributed by atoms with van der Waals surface area (Å²) < 4.78 is 0. The van der Waals surface area contributed by atoms with Gasteiger partial charge in [-0.15, -0.1) is 0 Å². The summed E-state index contributed by atoms with van der Waals surface area (Å²) in [5, 5.41) is 3.39. The van der Waals surface area contributed by atoms with E-state index in [9.17, 15) is 9.59 Å². The van der Waals surface area contributed by atoms with Gasteiger partial charge >= 0.3 is 0 Å². The number of amides is 2. The van der Waals surface area contributed by atoms with Crippen molar-refractivity contribution in [2.75, 3.05) is 18.0 Å². The lowest BCUT2D eigenvalue weighted by Crippen LogP contribution is -2.45. The molecule has 4 N–H and O–H groups in total. The SMILES string of the molecule is CCc1c(C(=O)NC2CCN(c3cc(C(N)=O)cc(Cl)n3)CC2)[nH]c(C)c1C. The molecule has 28 heavy (non-hydrogen) atoms. The number of aryl methyl sites for hydroxylation is 1. The van der Waals surface area contributed by atoms with Crippen molar-refractivity contribution in [3.05, 3.63) is 45.4 Å². The van der Waals surface area contributed by atoms with Gasteiger partial charge in [-0.05, 0) is 56.4 Å². The molecular formula is C20H26ClN5O2. The predicted octanol–water partition coefficient (Wildman–Crippen LogP) is 2.74. The lowest BCUT2D eigenvalue weighted by molar-refractivity contribution is 0.0924. The summed E-state index contributed by atoms with van der Waals surface area (Å²) in [6.07, 6.45) is 2.39. The summed E-state index contributed by atoms with van der Waals surface area (Å²) in [5.74, 6) is 0.0503. The van der Waals surface area contributed by atoms with Crippen molar-refractivity contribution in [3.63, 3.8) is 0 Å². The smallest absolute Gasteiger partial charge is 0.268 e. The highest BCUT2D eigenvalue weighted by atomic mass is 35.5. The molecule has 0 bridgehead atoms. The molecule has 0 aromatic carbocycles. The number of nitrogens with two attached hydrogens (primary N) is 1. The van der Waals surface area contributed by atoms with Gasteiger partial charge in [0, 0.05) is 30.4 Å². The average Bonchev–Trinajstić information content (AvgIpc) is 2.96. The van der Waals surface area contributed by atoms with Crippen LogP contribution in [0, 0.1) is 13.8 Å². The van der Waals surface area contributed by atoms with Gasteiger partial charge in [-0.25, -0.2) is 4.98 Å². The molecule has 3 rings (SSSR count). The zero-order chi connectivity index (χ0) is 20.4. The van der Waals surface area contributed by atoms with E-state index >= 15 is 0 Å². The van der Waals surface area contributed by atoms with E-state index in [0.29, 0.717) is 30.2 Å². The average molecular weight is 404 g/mol. The quantitative estimate of drug-likeness (QED) is 0.667. The van der Waals surface area contributed by atoms with Crippen molar-refractivity contribution in [2.24, 2.45) is 5.73 Å². The van der Waals surface area contributed by atoms with Crippen molar-refractivity contribution >= 4 is 29.2 Å². The maximum absolute atomic E-state index is 12.7. The van der Waals surface area contributed by atoms with Crippen molar-refractivity contribution < 1.29 is 9.59 Å². The molecule has 0 atom stereocenters. The van der Waals surface area contributed by atoms with Crippen LogP contribution >= 0.6 is 11.6 Å². The maximum Gasteiger partial charge on any atom is 0.268 e. The number of pyridine rings is 1. The number of anilines is 1. The number of H-pyrrole nitrogens is 1. The molecule has 1 saturated heterocycles. The number of hydrogen-bond acceptors (Lipinski definition) is 4. The summed E-state index contributed by atoms with van der Waals surface area (Å²) >= 11 is 6.02. The van der Waals surface area contributed by atoms with E-state index in [4.69, 9.17) is 17.3 Å². The van der Waals surface area contributed by atoms with Gasteiger partial charge in [-0.3, -0.25) is 9.59 Å². The molecule has 1 fully saturated rings. The number of hydrogen-bond donors (Lipinski definition) is 3. The third-order valence-electron chi connectivity index (χ3n) is 5.43. The highest BCUT2D eigenvalue weighted by Gasteiger charge is 2.25. The lowest BCUT2D eigenvalue weighted by Gasteiger charge is -2.33. The largest absolute Gasteiger partial charge is 0.366 e. The van der Waals surface area contributed by atoms with E-state index in [2.05, 4.69) is 27.1 Å². The fourth-order valence-electron chi connectivity index (χ4n) is 3.70. The van der Waals surface area contributed by atoms with Crippen LogP contribution in [0.4, 0.5) is 5.82 Å². The molecule has 2 aromatic rings. The van der Waals surface area contributed by atoms with Gasteiger partial charge in [0.05, 0.1) is 0 Å². The highest BCUT2D eigenvalue weighted by molar-refractivity contribution is 6.29. The van der Waals surface area contributed by atoms with Crippen LogP contribution in [0.1, 0.15) is 57.4 Å². The summed E-state index contributed by atoms with van der Waals surface area (Å²) in [6.45, 7) is 7.50. The van der Waals surface area contributed by atoms with Crippen molar-refractivity contribution in [1.29, 1.82) is 0 Å². The highest BCUT2D eigenvalue weighted by Crippen LogP contribution is 2.23. The van der Waals surface area contributed by atoms with Gasteiger partial charge in [-0.1, -0.05) is 18.5 Å². The maximum atomic E-state index is 12.7. The van der Waals surface area contributed by atoms with Crippen LogP contribution < -0.4 is 16.0 Å². The number of nitrogens with zero attached hydrogens (tertiary/aromatic N) is 2. The minimum Gasteiger partial charge on any atom is -0.366 e. The Bertz CT molecular complexity index is 900. The molecule has 0 spiro atoms. The Labute approximate surface area is 169 Å². The molecule has 150 valence electrons. The van der Waals surface area contributed by atoms with E-state index in [1.165, 1.54) is 6.07 Å². The molecule has 0 unspecified atom stereocenters. The van der Waals surface area contributed by atoms with E-state index in [1.54, 1.807) is 6.07 Å². The molecular weight excluding hydrogens is 378 g/mol. The van der Waals surface area contributed by atoms with Crippen LogP contribution in [0.2, 0.25) is 5.15 Å². The van der Waals surface area contributed by atoms with E-state index in [-0.39, 0.29) is 17.1 Å². The number of aromatic amines is 1. The Hall–Kier alpha value is -2.54. The Balaban J connectivity index is 1.64. The topological polar surface area (TPSA) is 104 Å². The lowest BCUT2D eigenvalue weighted by atomic mass is 10.0. The minimum absolute atomic E-state index is 0.0524. The zero-order valence-electron chi connectivity index (χ0n) is 16.4. The Morgan fingerprint density at radius 1 is 1.32 bits per heavy atom. The standard InChI is InChI=1S/C20H26ClN5O2/c1-4-15-11(2)12(3)23-18(15)20(28)24-14-5-7-26(8-6-14)17-10-13(19(22)27)9-16(21)25-17/h9-10,14,23H,4-8H2,1-3H3,(H2,22,27)(H,24,28). The Kier molecular flexibility index (Phi) is 5.93. The van der Waals surface area contributed by atoms with Crippen LogP contribution in [0.25, 0.3) is 0 Å².